The topological polar surface area (TPSA) is 54.4 Å². The molecule has 0 saturated heterocycles. The molecule has 0 bridgehead atoms. The number of carboxylic acids is 1. The minimum atomic E-state index is -0.857. The molecule has 1 unspecified atom stereocenters. The van der Waals surface area contributed by atoms with Crippen molar-refractivity contribution in [3.63, 3.8) is 0 Å². The van der Waals surface area contributed by atoms with Gasteiger partial charge in [0.25, 0.3) is 0 Å². The van der Waals surface area contributed by atoms with E-state index in [9.17, 15) is 9.59 Å². The Hall–Kier alpha value is -1.64. The van der Waals surface area contributed by atoms with Crippen LogP contribution in [0.3, 0.4) is 0 Å². The lowest BCUT2D eigenvalue weighted by molar-refractivity contribution is -0.137. The largest absolute Gasteiger partial charge is 0.481 e. The number of Topliss-reactive ketones (excluding diaryl/α,β-unsaturated/α-hetero) is 1. The van der Waals surface area contributed by atoms with Crippen LogP contribution in [0.5, 0.6) is 0 Å². The first-order valence-electron chi connectivity index (χ1n) is 5.44. The molecular formula is C13H16O3. The van der Waals surface area contributed by atoms with Gasteiger partial charge in [-0.05, 0) is 12.0 Å². The van der Waals surface area contributed by atoms with Gasteiger partial charge in [0.2, 0.25) is 0 Å². The summed E-state index contributed by atoms with van der Waals surface area (Å²) in [5.41, 5.74) is 0.913. The highest BCUT2D eigenvalue weighted by atomic mass is 16.4. The van der Waals surface area contributed by atoms with E-state index in [1.54, 1.807) is 6.92 Å². The van der Waals surface area contributed by atoms with Crippen molar-refractivity contribution in [3.05, 3.63) is 35.9 Å². The number of hydrogen-bond acceptors (Lipinski definition) is 2. The monoisotopic (exact) mass is 220 g/mol. The Morgan fingerprint density at radius 2 is 1.88 bits per heavy atom. The Bertz CT molecular complexity index is 357. The van der Waals surface area contributed by atoms with Gasteiger partial charge in [0, 0.05) is 18.8 Å². The Morgan fingerprint density at radius 1 is 1.25 bits per heavy atom. The first kappa shape index (κ1) is 12.4. The van der Waals surface area contributed by atoms with Crippen LogP contribution in [-0.4, -0.2) is 16.9 Å². The second-order valence-electron chi connectivity index (χ2n) is 3.72. The molecule has 1 atom stereocenters. The molecule has 1 rings (SSSR count). The summed E-state index contributed by atoms with van der Waals surface area (Å²) in [6.07, 6.45) is 0.858. The number of hydrogen-bond donors (Lipinski definition) is 1. The zero-order chi connectivity index (χ0) is 12.0. The van der Waals surface area contributed by atoms with Gasteiger partial charge in [0.1, 0.15) is 5.78 Å². The summed E-state index contributed by atoms with van der Waals surface area (Å²) in [4.78, 5) is 22.3. The van der Waals surface area contributed by atoms with Crippen LogP contribution in [0.25, 0.3) is 0 Å². The van der Waals surface area contributed by atoms with Crippen LogP contribution in [0.1, 0.15) is 37.7 Å². The molecule has 0 aromatic heterocycles. The molecule has 0 heterocycles. The standard InChI is InChI=1S/C13H16O3/c1-2-12(14)11(8-9-13(15)16)10-6-4-3-5-7-10/h3-7,11H,2,8-9H2,1H3,(H,15,16). The Labute approximate surface area is 95.1 Å². The summed E-state index contributed by atoms with van der Waals surface area (Å²) in [6.45, 7) is 1.80. The summed E-state index contributed by atoms with van der Waals surface area (Å²) in [7, 11) is 0. The zero-order valence-corrected chi connectivity index (χ0v) is 9.35. The van der Waals surface area contributed by atoms with E-state index in [0.717, 1.165) is 5.56 Å². The number of carbonyl (C=O) groups excluding carboxylic acids is 1. The minimum absolute atomic E-state index is 0.0330. The number of carbonyl (C=O) groups is 2. The molecule has 0 saturated carbocycles. The lowest BCUT2D eigenvalue weighted by Crippen LogP contribution is -2.13. The summed E-state index contributed by atoms with van der Waals surface area (Å²) < 4.78 is 0. The van der Waals surface area contributed by atoms with E-state index in [1.807, 2.05) is 30.3 Å². The van der Waals surface area contributed by atoms with E-state index in [2.05, 4.69) is 0 Å². The van der Waals surface area contributed by atoms with Crippen LogP contribution in [0, 0.1) is 0 Å². The fraction of sp³-hybridized carbons (Fsp3) is 0.385. The number of ketones is 1. The molecule has 0 aliphatic rings. The highest BCUT2D eigenvalue weighted by Gasteiger charge is 2.19. The van der Waals surface area contributed by atoms with Gasteiger partial charge < -0.3 is 5.11 Å². The van der Waals surface area contributed by atoms with Gasteiger partial charge in [-0.25, -0.2) is 0 Å². The van der Waals surface area contributed by atoms with E-state index in [1.165, 1.54) is 0 Å². The number of rotatable bonds is 6. The summed E-state index contributed by atoms with van der Waals surface area (Å²) >= 11 is 0. The summed E-state index contributed by atoms with van der Waals surface area (Å²) in [6, 6.07) is 9.37. The van der Waals surface area contributed by atoms with Crippen molar-refractivity contribution in [2.75, 3.05) is 0 Å². The van der Waals surface area contributed by atoms with Crippen LogP contribution in [-0.2, 0) is 9.59 Å². The van der Waals surface area contributed by atoms with E-state index >= 15 is 0 Å². The minimum Gasteiger partial charge on any atom is -0.481 e. The van der Waals surface area contributed by atoms with Crippen LogP contribution in [0.2, 0.25) is 0 Å². The highest BCUT2D eigenvalue weighted by molar-refractivity contribution is 5.85. The van der Waals surface area contributed by atoms with Crippen molar-refractivity contribution < 1.29 is 14.7 Å². The predicted octanol–water partition coefficient (Wildman–Crippen LogP) is 2.61. The molecule has 0 aliphatic heterocycles. The summed E-state index contributed by atoms with van der Waals surface area (Å²) in [5.74, 6) is -1.03. The van der Waals surface area contributed by atoms with Crippen LogP contribution in [0.4, 0.5) is 0 Å². The van der Waals surface area contributed by atoms with E-state index < -0.39 is 5.97 Å². The van der Waals surface area contributed by atoms with Crippen molar-refractivity contribution in [1.29, 1.82) is 0 Å². The number of aliphatic carboxylic acids is 1. The maximum Gasteiger partial charge on any atom is 0.303 e. The third-order valence-corrected chi connectivity index (χ3v) is 2.59. The van der Waals surface area contributed by atoms with Gasteiger partial charge in [0.15, 0.2) is 0 Å². The summed E-state index contributed by atoms with van der Waals surface area (Å²) in [5, 5.41) is 8.65. The van der Waals surface area contributed by atoms with Gasteiger partial charge in [-0.15, -0.1) is 0 Å². The Kier molecular flexibility index (Phi) is 4.70. The fourth-order valence-corrected chi connectivity index (χ4v) is 1.71. The average Bonchev–Trinajstić information content (AvgIpc) is 2.30. The quantitative estimate of drug-likeness (QED) is 0.801. The predicted molar refractivity (Wildman–Crippen MR) is 61.4 cm³/mol. The Morgan fingerprint density at radius 3 is 2.38 bits per heavy atom. The fourth-order valence-electron chi connectivity index (χ4n) is 1.71. The lowest BCUT2D eigenvalue weighted by atomic mass is 9.89. The van der Waals surface area contributed by atoms with Crippen LogP contribution < -0.4 is 0 Å². The van der Waals surface area contributed by atoms with Crippen molar-refractivity contribution in [1.82, 2.24) is 0 Å². The molecule has 3 heteroatoms. The lowest BCUT2D eigenvalue weighted by Gasteiger charge is -2.14. The van der Waals surface area contributed by atoms with Gasteiger partial charge in [-0.2, -0.15) is 0 Å². The second-order valence-corrected chi connectivity index (χ2v) is 3.72. The Balaban J connectivity index is 2.79. The molecule has 1 aromatic carbocycles. The van der Waals surface area contributed by atoms with E-state index in [4.69, 9.17) is 5.11 Å². The molecule has 0 fully saturated rings. The molecule has 0 radical (unpaired) electrons. The molecule has 16 heavy (non-hydrogen) atoms. The molecule has 0 aliphatic carbocycles. The molecule has 3 nitrogen and oxygen atoms in total. The maximum atomic E-state index is 11.7. The third kappa shape index (κ3) is 3.50. The van der Waals surface area contributed by atoms with Crippen molar-refractivity contribution in [3.8, 4) is 0 Å². The van der Waals surface area contributed by atoms with Crippen LogP contribution in [0.15, 0.2) is 30.3 Å². The smallest absolute Gasteiger partial charge is 0.303 e. The first-order valence-corrected chi connectivity index (χ1v) is 5.44. The van der Waals surface area contributed by atoms with E-state index in [-0.39, 0.29) is 18.1 Å². The molecule has 1 N–H and O–H groups in total. The van der Waals surface area contributed by atoms with Gasteiger partial charge >= 0.3 is 5.97 Å². The SMILES string of the molecule is CCC(=O)C(CCC(=O)O)c1ccccc1. The molecule has 0 spiro atoms. The average molecular weight is 220 g/mol. The van der Waals surface area contributed by atoms with Crippen LogP contribution >= 0.6 is 0 Å². The maximum absolute atomic E-state index is 11.7. The normalized spacial score (nSPS) is 12.1. The van der Waals surface area contributed by atoms with E-state index in [0.29, 0.717) is 12.8 Å². The zero-order valence-electron chi connectivity index (χ0n) is 9.35. The highest BCUT2D eigenvalue weighted by Crippen LogP contribution is 2.23. The first-order chi connectivity index (χ1) is 7.65. The van der Waals surface area contributed by atoms with Gasteiger partial charge in [-0.1, -0.05) is 37.3 Å². The number of carboxylic acid groups (broad SMARTS) is 1. The molecule has 0 amide bonds. The van der Waals surface area contributed by atoms with Crippen molar-refractivity contribution in [2.24, 2.45) is 0 Å². The van der Waals surface area contributed by atoms with Crippen molar-refractivity contribution in [2.45, 2.75) is 32.1 Å². The van der Waals surface area contributed by atoms with Crippen molar-refractivity contribution >= 4 is 11.8 Å². The van der Waals surface area contributed by atoms with Gasteiger partial charge in [-0.3, -0.25) is 9.59 Å². The second kappa shape index (κ2) is 6.05. The third-order valence-electron chi connectivity index (χ3n) is 2.59. The molecule has 1 aromatic rings. The molecule has 86 valence electrons. The number of benzene rings is 1. The molecular weight excluding hydrogens is 204 g/mol. The van der Waals surface area contributed by atoms with Gasteiger partial charge in [0.05, 0.1) is 0 Å².